The van der Waals surface area contributed by atoms with Gasteiger partial charge in [-0.25, -0.2) is 4.79 Å². The van der Waals surface area contributed by atoms with Crippen LogP contribution < -0.4 is 5.32 Å². The van der Waals surface area contributed by atoms with Crippen LogP contribution in [0.1, 0.15) is 26.3 Å². The summed E-state index contributed by atoms with van der Waals surface area (Å²) < 4.78 is 0. The molecule has 0 spiro atoms. The zero-order valence-electron chi connectivity index (χ0n) is 14.9. The Morgan fingerprint density at radius 3 is 2.03 bits per heavy atom. The number of hydrogen-bond acceptors (Lipinski definition) is 2. The zero-order chi connectivity index (χ0) is 21.3. The van der Waals surface area contributed by atoms with Crippen molar-refractivity contribution in [2.45, 2.75) is 6.92 Å². The van der Waals surface area contributed by atoms with E-state index in [1.807, 2.05) is 0 Å². The number of amides is 1. The Kier molecular flexibility index (Phi) is 6.39. The minimum absolute atomic E-state index is 0.0792. The Morgan fingerprint density at radius 2 is 1.45 bits per heavy atom. The number of anilines is 1. The van der Waals surface area contributed by atoms with Gasteiger partial charge in [0.2, 0.25) is 0 Å². The van der Waals surface area contributed by atoms with Gasteiger partial charge in [0.25, 0.3) is 5.91 Å². The summed E-state index contributed by atoms with van der Waals surface area (Å²) in [7, 11) is 0. The smallest absolute Gasteiger partial charge is 0.337 e. The highest BCUT2D eigenvalue weighted by molar-refractivity contribution is 6.37. The van der Waals surface area contributed by atoms with E-state index in [-0.39, 0.29) is 21.8 Å². The van der Waals surface area contributed by atoms with Crippen LogP contribution in [0.5, 0.6) is 0 Å². The first-order chi connectivity index (χ1) is 13.7. The van der Waals surface area contributed by atoms with Crippen LogP contribution in [0.2, 0.25) is 20.1 Å². The van der Waals surface area contributed by atoms with Crippen LogP contribution in [0.25, 0.3) is 11.1 Å². The molecule has 3 aromatic carbocycles. The molecule has 0 saturated heterocycles. The predicted octanol–water partition coefficient (Wildman–Crippen LogP) is 7.23. The number of carbonyl (C=O) groups is 2. The van der Waals surface area contributed by atoms with E-state index in [0.29, 0.717) is 31.8 Å². The lowest BCUT2D eigenvalue weighted by Crippen LogP contribution is -2.16. The summed E-state index contributed by atoms with van der Waals surface area (Å²) in [6.45, 7) is 1.69. The molecular formula is C21H13Cl4NO3. The SMILES string of the molecule is Cc1cc(-c2ccc(Cl)cc2Cl)cc(C(=O)O)c1NC(=O)c1ccc(Cl)cc1Cl. The summed E-state index contributed by atoms with van der Waals surface area (Å²) >= 11 is 24.1. The van der Waals surface area contributed by atoms with Crippen LogP contribution >= 0.6 is 46.4 Å². The number of carboxylic acid groups (broad SMARTS) is 1. The third-order valence-corrected chi connectivity index (χ3v) is 5.32. The molecule has 8 heteroatoms. The average molecular weight is 469 g/mol. The molecule has 0 unspecified atom stereocenters. The Hall–Kier alpha value is -2.24. The highest BCUT2D eigenvalue weighted by Crippen LogP contribution is 2.35. The molecule has 4 nitrogen and oxygen atoms in total. The van der Waals surface area contributed by atoms with Crippen molar-refractivity contribution in [3.8, 4) is 11.1 Å². The zero-order valence-corrected chi connectivity index (χ0v) is 17.9. The topological polar surface area (TPSA) is 66.4 Å². The second-order valence-electron chi connectivity index (χ2n) is 6.22. The number of halogens is 4. The highest BCUT2D eigenvalue weighted by atomic mass is 35.5. The Labute approximate surface area is 187 Å². The number of aromatic carboxylic acids is 1. The minimum atomic E-state index is -1.20. The van der Waals surface area contributed by atoms with E-state index < -0.39 is 11.9 Å². The van der Waals surface area contributed by atoms with Crippen LogP contribution in [0.4, 0.5) is 5.69 Å². The van der Waals surface area contributed by atoms with E-state index in [0.717, 1.165) is 0 Å². The summed E-state index contributed by atoms with van der Waals surface area (Å²) in [5, 5.41) is 13.7. The van der Waals surface area contributed by atoms with Crippen LogP contribution in [-0.4, -0.2) is 17.0 Å². The van der Waals surface area contributed by atoms with Crippen molar-refractivity contribution in [3.63, 3.8) is 0 Å². The van der Waals surface area contributed by atoms with E-state index in [1.165, 1.54) is 24.3 Å². The molecular weight excluding hydrogens is 456 g/mol. The highest BCUT2D eigenvalue weighted by Gasteiger charge is 2.20. The van der Waals surface area contributed by atoms with Gasteiger partial charge in [-0.05, 0) is 60.5 Å². The molecule has 0 aliphatic rings. The molecule has 2 N–H and O–H groups in total. The van der Waals surface area contributed by atoms with Crippen LogP contribution in [0.3, 0.4) is 0 Å². The molecule has 3 aromatic rings. The Balaban J connectivity index is 2.05. The van der Waals surface area contributed by atoms with Gasteiger partial charge in [-0.15, -0.1) is 0 Å². The van der Waals surface area contributed by atoms with Crippen molar-refractivity contribution < 1.29 is 14.7 Å². The molecule has 0 aliphatic carbocycles. The van der Waals surface area contributed by atoms with E-state index in [2.05, 4.69) is 5.32 Å². The molecule has 1 amide bonds. The minimum Gasteiger partial charge on any atom is -0.478 e. The molecule has 0 radical (unpaired) electrons. The van der Waals surface area contributed by atoms with E-state index in [9.17, 15) is 14.7 Å². The molecule has 29 heavy (non-hydrogen) atoms. The van der Waals surface area contributed by atoms with Crippen LogP contribution in [0.15, 0.2) is 48.5 Å². The third-order valence-electron chi connectivity index (χ3n) is 4.22. The maximum atomic E-state index is 12.7. The largest absolute Gasteiger partial charge is 0.478 e. The monoisotopic (exact) mass is 467 g/mol. The first-order valence-electron chi connectivity index (χ1n) is 8.27. The maximum Gasteiger partial charge on any atom is 0.337 e. The quantitative estimate of drug-likeness (QED) is 0.424. The number of rotatable bonds is 4. The fraction of sp³-hybridized carbons (Fsp3) is 0.0476. The van der Waals surface area contributed by atoms with Crippen LogP contribution in [0, 0.1) is 6.92 Å². The molecule has 0 bridgehead atoms. The second-order valence-corrected chi connectivity index (χ2v) is 7.91. The molecule has 0 aromatic heterocycles. The molecule has 0 saturated carbocycles. The van der Waals surface area contributed by atoms with Gasteiger partial charge < -0.3 is 10.4 Å². The van der Waals surface area contributed by atoms with Gasteiger partial charge in [0.05, 0.1) is 21.8 Å². The Morgan fingerprint density at radius 1 is 0.828 bits per heavy atom. The van der Waals surface area contributed by atoms with Crippen molar-refractivity contribution in [2.75, 3.05) is 5.32 Å². The lowest BCUT2D eigenvalue weighted by molar-refractivity contribution is 0.0698. The number of aryl methyl sites for hydroxylation is 1. The Bertz CT molecular complexity index is 1150. The fourth-order valence-electron chi connectivity index (χ4n) is 2.86. The molecule has 0 atom stereocenters. The number of nitrogens with one attached hydrogen (secondary N) is 1. The third kappa shape index (κ3) is 4.68. The van der Waals surface area contributed by atoms with E-state index >= 15 is 0 Å². The normalized spacial score (nSPS) is 10.7. The van der Waals surface area contributed by atoms with Crippen molar-refractivity contribution in [3.05, 3.63) is 85.3 Å². The first-order valence-corrected chi connectivity index (χ1v) is 9.78. The number of carbonyl (C=O) groups excluding carboxylic acids is 1. The maximum absolute atomic E-state index is 12.7. The lowest BCUT2D eigenvalue weighted by Gasteiger charge is -2.15. The van der Waals surface area contributed by atoms with E-state index in [4.69, 9.17) is 46.4 Å². The van der Waals surface area contributed by atoms with Crippen molar-refractivity contribution in [2.24, 2.45) is 0 Å². The summed E-state index contributed by atoms with van der Waals surface area (Å²) in [4.78, 5) is 24.5. The second kappa shape index (κ2) is 8.64. The van der Waals surface area contributed by atoms with Crippen LogP contribution in [-0.2, 0) is 0 Å². The average Bonchev–Trinajstić information content (AvgIpc) is 2.62. The summed E-state index contributed by atoms with van der Waals surface area (Å²) in [6, 6.07) is 12.6. The fourth-order valence-corrected chi connectivity index (χ4v) is 3.87. The van der Waals surface area contributed by atoms with Gasteiger partial charge in [-0.3, -0.25) is 4.79 Å². The molecule has 148 valence electrons. The van der Waals surface area contributed by atoms with Gasteiger partial charge in [0.15, 0.2) is 0 Å². The van der Waals surface area contributed by atoms with Gasteiger partial charge in [0, 0.05) is 20.6 Å². The molecule has 0 heterocycles. The summed E-state index contributed by atoms with van der Waals surface area (Å²) in [6.07, 6.45) is 0. The van der Waals surface area contributed by atoms with Crippen molar-refractivity contribution in [1.29, 1.82) is 0 Å². The van der Waals surface area contributed by atoms with Gasteiger partial charge >= 0.3 is 5.97 Å². The van der Waals surface area contributed by atoms with E-state index in [1.54, 1.807) is 31.2 Å². The predicted molar refractivity (Wildman–Crippen MR) is 118 cm³/mol. The van der Waals surface area contributed by atoms with Crippen molar-refractivity contribution >= 4 is 64.0 Å². The number of benzene rings is 3. The van der Waals surface area contributed by atoms with Gasteiger partial charge in [0.1, 0.15) is 0 Å². The summed E-state index contributed by atoms with van der Waals surface area (Å²) in [5.74, 6) is -1.74. The summed E-state index contributed by atoms with van der Waals surface area (Å²) in [5.41, 5.74) is 2.03. The lowest BCUT2D eigenvalue weighted by atomic mass is 9.98. The van der Waals surface area contributed by atoms with Gasteiger partial charge in [-0.2, -0.15) is 0 Å². The molecule has 0 fully saturated rings. The standard InChI is InChI=1S/C21H13Cl4NO3/c1-10-6-11(14-4-2-12(22)8-17(14)24)7-16(21(28)29)19(10)26-20(27)15-5-3-13(23)9-18(15)25/h2-9H,1H3,(H,26,27)(H,28,29). The van der Waals surface area contributed by atoms with Gasteiger partial charge in [-0.1, -0.05) is 52.5 Å². The number of hydrogen-bond donors (Lipinski definition) is 2. The molecule has 0 aliphatic heterocycles. The number of carboxylic acids is 1. The van der Waals surface area contributed by atoms with Crippen molar-refractivity contribution in [1.82, 2.24) is 0 Å². The first kappa shape index (κ1) is 21.5. The molecule has 3 rings (SSSR count).